The van der Waals surface area contributed by atoms with Gasteiger partial charge in [-0.25, -0.2) is 14.6 Å². The van der Waals surface area contributed by atoms with Gasteiger partial charge in [-0.05, 0) is 49.2 Å². The second kappa shape index (κ2) is 12.4. The van der Waals surface area contributed by atoms with Crippen LogP contribution in [0.3, 0.4) is 0 Å². The molecule has 5 N–H and O–H groups in total. The highest BCUT2D eigenvalue weighted by atomic mass is 16.5. The predicted molar refractivity (Wildman–Crippen MR) is 166 cm³/mol. The summed E-state index contributed by atoms with van der Waals surface area (Å²) in [5, 5.41) is 9.69. The number of carbonyl (C=O) groups is 1. The number of hydrogen-bond donors (Lipinski definition) is 3. The first-order chi connectivity index (χ1) is 20.7. The minimum atomic E-state index is -0.751. The molecule has 0 aliphatic heterocycles. The molecular formula is C33H34N6O4. The fraction of sp³-hybridized carbons (Fsp3) is 0.212. The molecule has 0 bridgehead atoms. The number of rotatable bonds is 10. The molecule has 2 heterocycles. The molecule has 0 amide bonds. The van der Waals surface area contributed by atoms with E-state index in [1.54, 1.807) is 37.0 Å². The number of aryl methyl sites for hydroxylation is 1. The lowest BCUT2D eigenvalue weighted by atomic mass is 10.0. The van der Waals surface area contributed by atoms with Gasteiger partial charge in [0.15, 0.2) is 5.78 Å². The average molecular weight is 579 g/mol. The maximum absolute atomic E-state index is 13.4. The lowest BCUT2D eigenvalue weighted by Gasteiger charge is -2.12. The number of nitrogen functional groups attached to an aromatic ring is 1. The standard InChI is InChI=1S/C33H34N6O4/c1-20-6-4-8-25(14-20)39-33(42)30(21(2)38(39)3)29(41)15-22-10-12-23(13-11-22)31-32(35)36-18-28(37-31)24-7-5-9-27(16-24)43-19-26(40)17-34/h4-14,16,18,26,40H,15,17,19,34H2,1-3H3,(H2,35,36). The Hall–Kier alpha value is -5.06. The Morgan fingerprint density at radius 3 is 2.49 bits per heavy atom. The van der Waals surface area contributed by atoms with Crippen molar-refractivity contribution in [1.82, 2.24) is 19.3 Å². The Bertz CT molecular complexity index is 1840. The van der Waals surface area contributed by atoms with Crippen LogP contribution in [0.5, 0.6) is 5.75 Å². The third-order valence-corrected chi connectivity index (χ3v) is 7.32. The summed E-state index contributed by atoms with van der Waals surface area (Å²) in [5.41, 5.74) is 17.2. The molecule has 0 saturated carbocycles. The van der Waals surface area contributed by atoms with Gasteiger partial charge in [0.25, 0.3) is 5.56 Å². The fourth-order valence-electron chi connectivity index (χ4n) is 4.89. The Morgan fingerprint density at radius 1 is 1.02 bits per heavy atom. The summed E-state index contributed by atoms with van der Waals surface area (Å²) in [4.78, 5) is 35.8. The van der Waals surface area contributed by atoms with Crippen LogP contribution in [0.1, 0.15) is 27.2 Å². The molecule has 0 radical (unpaired) electrons. The number of aliphatic hydroxyl groups is 1. The minimum absolute atomic E-state index is 0.0705. The van der Waals surface area contributed by atoms with E-state index in [0.29, 0.717) is 28.5 Å². The van der Waals surface area contributed by atoms with Crippen molar-refractivity contribution in [3.63, 3.8) is 0 Å². The van der Waals surface area contributed by atoms with Crippen molar-refractivity contribution >= 4 is 11.6 Å². The Morgan fingerprint density at radius 2 is 1.77 bits per heavy atom. The molecule has 1 unspecified atom stereocenters. The van der Waals surface area contributed by atoms with Crippen LogP contribution in [-0.2, 0) is 13.5 Å². The first-order valence-electron chi connectivity index (χ1n) is 13.9. The molecule has 10 nitrogen and oxygen atoms in total. The van der Waals surface area contributed by atoms with Crippen LogP contribution in [0, 0.1) is 13.8 Å². The second-order valence-electron chi connectivity index (χ2n) is 10.5. The lowest BCUT2D eigenvalue weighted by Crippen LogP contribution is -2.26. The van der Waals surface area contributed by atoms with Gasteiger partial charge in [-0.2, -0.15) is 0 Å². The van der Waals surface area contributed by atoms with Gasteiger partial charge in [-0.1, -0.05) is 48.5 Å². The van der Waals surface area contributed by atoms with Crippen molar-refractivity contribution in [2.45, 2.75) is 26.4 Å². The van der Waals surface area contributed by atoms with Crippen molar-refractivity contribution in [2.24, 2.45) is 12.8 Å². The molecule has 2 aromatic heterocycles. The predicted octanol–water partition coefficient (Wildman–Crippen LogP) is 3.62. The van der Waals surface area contributed by atoms with Crippen LogP contribution in [0.15, 0.2) is 83.8 Å². The number of benzene rings is 3. The van der Waals surface area contributed by atoms with Crippen LogP contribution in [0.25, 0.3) is 28.2 Å². The zero-order valence-electron chi connectivity index (χ0n) is 24.3. The van der Waals surface area contributed by atoms with Crippen molar-refractivity contribution in [1.29, 1.82) is 0 Å². The van der Waals surface area contributed by atoms with E-state index in [0.717, 1.165) is 22.3 Å². The largest absolute Gasteiger partial charge is 0.491 e. The highest BCUT2D eigenvalue weighted by Crippen LogP contribution is 2.28. The topological polar surface area (TPSA) is 151 Å². The summed E-state index contributed by atoms with van der Waals surface area (Å²) in [5.74, 6) is 0.584. The molecule has 0 fully saturated rings. The van der Waals surface area contributed by atoms with Crippen molar-refractivity contribution in [2.75, 3.05) is 18.9 Å². The molecule has 0 aliphatic rings. The number of Topliss-reactive ketones (excluding diaryl/α,β-unsaturated/α-hetero) is 1. The fourth-order valence-corrected chi connectivity index (χ4v) is 4.89. The molecule has 5 rings (SSSR count). The summed E-state index contributed by atoms with van der Waals surface area (Å²) < 4.78 is 8.87. The number of hydrogen-bond acceptors (Lipinski definition) is 8. The summed E-state index contributed by atoms with van der Waals surface area (Å²) in [7, 11) is 1.78. The number of carbonyl (C=O) groups excluding carboxylic acids is 1. The third kappa shape index (κ3) is 6.25. The second-order valence-corrected chi connectivity index (χ2v) is 10.5. The highest BCUT2D eigenvalue weighted by molar-refractivity contribution is 5.98. The zero-order valence-corrected chi connectivity index (χ0v) is 24.3. The molecular weight excluding hydrogens is 544 g/mol. The van der Waals surface area contributed by atoms with Crippen LogP contribution in [-0.4, -0.2) is 49.5 Å². The van der Waals surface area contributed by atoms with E-state index in [-0.39, 0.29) is 42.3 Å². The number of nitrogens with two attached hydrogens (primary N) is 2. The quantitative estimate of drug-likeness (QED) is 0.213. The Labute approximate surface area is 249 Å². The van der Waals surface area contributed by atoms with E-state index in [1.807, 2.05) is 67.6 Å². The third-order valence-electron chi connectivity index (χ3n) is 7.32. The summed E-state index contributed by atoms with van der Waals surface area (Å²) in [6.45, 7) is 3.93. The maximum atomic E-state index is 13.4. The van der Waals surface area contributed by atoms with E-state index >= 15 is 0 Å². The molecule has 10 heteroatoms. The Balaban J connectivity index is 1.36. The van der Waals surface area contributed by atoms with Crippen LogP contribution < -0.4 is 21.8 Å². The number of aliphatic hydroxyl groups excluding tert-OH is 1. The van der Waals surface area contributed by atoms with Crippen molar-refractivity contribution in [3.05, 3.63) is 112 Å². The van der Waals surface area contributed by atoms with Gasteiger partial charge in [-0.15, -0.1) is 0 Å². The number of aromatic nitrogens is 4. The monoisotopic (exact) mass is 578 g/mol. The van der Waals surface area contributed by atoms with Crippen LogP contribution in [0.4, 0.5) is 5.82 Å². The number of ether oxygens (including phenoxy) is 1. The molecule has 1 atom stereocenters. The minimum Gasteiger partial charge on any atom is -0.491 e. The molecule has 0 spiro atoms. The van der Waals surface area contributed by atoms with Gasteiger partial charge in [-0.3, -0.25) is 14.3 Å². The summed E-state index contributed by atoms with van der Waals surface area (Å²) in [6, 6.07) is 22.2. The van der Waals surface area contributed by atoms with E-state index in [9.17, 15) is 14.7 Å². The highest BCUT2D eigenvalue weighted by Gasteiger charge is 2.22. The van der Waals surface area contributed by atoms with Crippen LogP contribution in [0.2, 0.25) is 0 Å². The average Bonchev–Trinajstić information content (AvgIpc) is 3.23. The van der Waals surface area contributed by atoms with E-state index in [4.69, 9.17) is 21.2 Å². The van der Waals surface area contributed by atoms with Crippen molar-refractivity contribution in [3.8, 4) is 34.0 Å². The van der Waals surface area contributed by atoms with E-state index in [2.05, 4.69) is 4.98 Å². The molecule has 220 valence electrons. The number of anilines is 1. The van der Waals surface area contributed by atoms with Gasteiger partial charge in [0.05, 0.1) is 17.6 Å². The lowest BCUT2D eigenvalue weighted by molar-refractivity contribution is 0.0991. The van der Waals surface area contributed by atoms with Gasteiger partial charge in [0, 0.05) is 36.8 Å². The molecule has 43 heavy (non-hydrogen) atoms. The van der Waals surface area contributed by atoms with Gasteiger partial charge < -0.3 is 21.3 Å². The molecule has 3 aromatic carbocycles. The SMILES string of the molecule is Cc1cccc(-n2c(=O)c(C(=O)Cc3ccc(-c4nc(-c5cccc(OCC(O)CN)c5)cnc4N)cc3)c(C)n2C)c1. The number of nitrogens with zero attached hydrogens (tertiary/aromatic N) is 4. The Kier molecular flexibility index (Phi) is 8.51. The van der Waals surface area contributed by atoms with Gasteiger partial charge >= 0.3 is 0 Å². The smallest absolute Gasteiger partial charge is 0.282 e. The summed E-state index contributed by atoms with van der Waals surface area (Å²) >= 11 is 0. The van der Waals surface area contributed by atoms with E-state index in [1.165, 1.54) is 4.68 Å². The maximum Gasteiger partial charge on any atom is 0.282 e. The van der Waals surface area contributed by atoms with Gasteiger partial charge in [0.2, 0.25) is 0 Å². The summed E-state index contributed by atoms with van der Waals surface area (Å²) in [6.07, 6.45) is 0.908. The first-order valence-corrected chi connectivity index (χ1v) is 13.9. The molecule has 0 aliphatic carbocycles. The number of ketones is 1. The first kappa shape index (κ1) is 29.4. The normalized spacial score (nSPS) is 11.8. The molecule has 5 aromatic rings. The van der Waals surface area contributed by atoms with Crippen molar-refractivity contribution < 1.29 is 14.6 Å². The zero-order chi connectivity index (χ0) is 30.7. The van der Waals surface area contributed by atoms with Crippen LogP contribution >= 0.6 is 0 Å². The molecule has 0 saturated heterocycles. The van der Waals surface area contributed by atoms with E-state index < -0.39 is 6.10 Å². The van der Waals surface area contributed by atoms with Gasteiger partial charge in [0.1, 0.15) is 35.5 Å².